The Labute approximate surface area is 104 Å². The largest absolute Gasteiger partial charge is 0.276 e. The number of carbonyl (C=O) groups excluding carboxylic acids is 2. The molecule has 2 bridgehead atoms. The average molecular weight is 237 g/mol. The first-order chi connectivity index (χ1) is 7.77. The molecule has 1 heterocycles. The zero-order valence-electron chi connectivity index (χ0n) is 11.5. The SMILES string of the molecule is CC[C@H](C)C(=O)N1C(=O)[C@H]2CC[C@]1(C)C2(C)C. The Morgan fingerprint density at radius 3 is 2.47 bits per heavy atom. The molecule has 0 aromatic rings. The molecule has 0 N–H and O–H groups in total. The first-order valence-corrected chi connectivity index (χ1v) is 6.65. The van der Waals surface area contributed by atoms with E-state index in [1.165, 1.54) is 0 Å². The number of likely N-dealkylation sites (tertiary alicyclic amines) is 1. The fourth-order valence-corrected chi connectivity index (χ4v) is 3.46. The van der Waals surface area contributed by atoms with Gasteiger partial charge in [0.15, 0.2) is 0 Å². The molecule has 2 amide bonds. The van der Waals surface area contributed by atoms with Crippen LogP contribution in [0.15, 0.2) is 0 Å². The summed E-state index contributed by atoms with van der Waals surface area (Å²) in [5, 5.41) is 0. The second-order valence-corrected chi connectivity index (χ2v) is 6.41. The van der Waals surface area contributed by atoms with Gasteiger partial charge in [0.05, 0.1) is 5.54 Å². The van der Waals surface area contributed by atoms with Gasteiger partial charge in [-0.2, -0.15) is 0 Å². The molecule has 0 radical (unpaired) electrons. The molecule has 1 aliphatic heterocycles. The van der Waals surface area contributed by atoms with Crippen molar-refractivity contribution < 1.29 is 9.59 Å². The van der Waals surface area contributed by atoms with E-state index in [9.17, 15) is 9.59 Å². The van der Waals surface area contributed by atoms with Crippen molar-refractivity contribution in [2.24, 2.45) is 17.3 Å². The fraction of sp³-hybridized carbons (Fsp3) is 0.857. The third-order valence-corrected chi connectivity index (χ3v) is 5.45. The van der Waals surface area contributed by atoms with Gasteiger partial charge in [-0.3, -0.25) is 14.5 Å². The van der Waals surface area contributed by atoms with Crippen molar-refractivity contribution in [3.63, 3.8) is 0 Å². The van der Waals surface area contributed by atoms with Crippen LogP contribution in [0.4, 0.5) is 0 Å². The van der Waals surface area contributed by atoms with Gasteiger partial charge in [0, 0.05) is 11.8 Å². The summed E-state index contributed by atoms with van der Waals surface area (Å²) in [7, 11) is 0. The van der Waals surface area contributed by atoms with E-state index in [4.69, 9.17) is 0 Å². The normalized spacial score (nSPS) is 36.4. The lowest BCUT2D eigenvalue weighted by Gasteiger charge is -2.41. The predicted octanol–water partition coefficient (Wildman–Crippen LogP) is 2.60. The number of hydrogen-bond acceptors (Lipinski definition) is 2. The van der Waals surface area contributed by atoms with Gasteiger partial charge >= 0.3 is 0 Å². The van der Waals surface area contributed by atoms with Crippen LogP contribution >= 0.6 is 0 Å². The van der Waals surface area contributed by atoms with Crippen LogP contribution in [0.2, 0.25) is 0 Å². The minimum absolute atomic E-state index is 0.0234. The van der Waals surface area contributed by atoms with Gasteiger partial charge in [0.25, 0.3) is 0 Å². The first kappa shape index (κ1) is 12.6. The molecule has 96 valence electrons. The monoisotopic (exact) mass is 237 g/mol. The molecular weight excluding hydrogens is 214 g/mol. The van der Waals surface area contributed by atoms with Gasteiger partial charge in [0.2, 0.25) is 11.8 Å². The highest BCUT2D eigenvalue weighted by Crippen LogP contribution is 2.59. The van der Waals surface area contributed by atoms with Crippen LogP contribution in [0.5, 0.6) is 0 Å². The molecule has 0 aromatic heterocycles. The molecule has 1 aliphatic carbocycles. The first-order valence-electron chi connectivity index (χ1n) is 6.65. The maximum Gasteiger partial charge on any atom is 0.233 e. The number of carbonyl (C=O) groups is 2. The molecule has 3 nitrogen and oxygen atoms in total. The Balaban J connectivity index is 2.38. The van der Waals surface area contributed by atoms with Crippen molar-refractivity contribution >= 4 is 11.8 Å². The molecule has 0 unspecified atom stereocenters. The van der Waals surface area contributed by atoms with Crippen molar-refractivity contribution in [2.45, 2.75) is 59.4 Å². The van der Waals surface area contributed by atoms with E-state index >= 15 is 0 Å². The molecule has 1 saturated carbocycles. The number of fused-ring (bicyclic) bond motifs is 2. The number of rotatable bonds is 2. The van der Waals surface area contributed by atoms with Crippen LogP contribution in [0.1, 0.15) is 53.9 Å². The summed E-state index contributed by atoms with van der Waals surface area (Å²) in [5.74, 6) is 0.0794. The summed E-state index contributed by atoms with van der Waals surface area (Å²) < 4.78 is 0. The van der Waals surface area contributed by atoms with E-state index in [2.05, 4.69) is 20.8 Å². The maximum absolute atomic E-state index is 12.4. The minimum atomic E-state index is -0.269. The van der Waals surface area contributed by atoms with E-state index in [-0.39, 0.29) is 34.6 Å². The number of hydrogen-bond donors (Lipinski definition) is 0. The van der Waals surface area contributed by atoms with Crippen LogP contribution in [-0.2, 0) is 9.59 Å². The van der Waals surface area contributed by atoms with Crippen molar-refractivity contribution in [1.82, 2.24) is 4.90 Å². The number of piperidine rings is 1. The molecule has 1 saturated heterocycles. The number of nitrogens with zero attached hydrogens (tertiary/aromatic N) is 1. The van der Waals surface area contributed by atoms with E-state index in [1.54, 1.807) is 4.90 Å². The van der Waals surface area contributed by atoms with Crippen LogP contribution in [-0.4, -0.2) is 22.3 Å². The summed E-state index contributed by atoms with van der Waals surface area (Å²) in [6.45, 7) is 10.3. The standard InChI is InChI=1S/C14H23NO2/c1-6-9(2)11(16)15-12(17)10-7-8-14(15,5)13(10,3)4/h9-10H,6-8H2,1-5H3/t9-,10+,14+/m0/s1. The average Bonchev–Trinajstić information content (AvgIpc) is 2.56. The smallest absolute Gasteiger partial charge is 0.233 e. The van der Waals surface area contributed by atoms with Crippen molar-refractivity contribution in [3.8, 4) is 0 Å². The molecule has 2 aliphatic rings. The Morgan fingerprint density at radius 1 is 1.47 bits per heavy atom. The molecule has 2 rings (SSSR count). The molecular formula is C14H23NO2. The van der Waals surface area contributed by atoms with Gasteiger partial charge in [0.1, 0.15) is 0 Å². The third kappa shape index (κ3) is 1.34. The fourth-order valence-electron chi connectivity index (χ4n) is 3.46. The lowest BCUT2D eigenvalue weighted by Crippen LogP contribution is -2.53. The van der Waals surface area contributed by atoms with Crippen molar-refractivity contribution in [3.05, 3.63) is 0 Å². The highest BCUT2D eigenvalue weighted by molar-refractivity contribution is 6.01. The van der Waals surface area contributed by atoms with Crippen LogP contribution in [0, 0.1) is 17.3 Å². The van der Waals surface area contributed by atoms with Gasteiger partial charge in [-0.1, -0.05) is 27.7 Å². The Kier molecular flexibility index (Phi) is 2.64. The maximum atomic E-state index is 12.4. The molecule has 0 aromatic carbocycles. The van der Waals surface area contributed by atoms with Crippen molar-refractivity contribution in [1.29, 1.82) is 0 Å². The Bertz CT molecular complexity index is 374. The second-order valence-electron chi connectivity index (χ2n) is 6.41. The van der Waals surface area contributed by atoms with Gasteiger partial charge in [-0.05, 0) is 31.6 Å². The summed E-state index contributed by atoms with van der Waals surface area (Å²) in [5.41, 5.74) is -0.345. The Hall–Kier alpha value is -0.860. The number of amides is 2. The zero-order valence-corrected chi connectivity index (χ0v) is 11.5. The van der Waals surface area contributed by atoms with E-state index < -0.39 is 0 Å². The van der Waals surface area contributed by atoms with Gasteiger partial charge < -0.3 is 0 Å². The zero-order chi connectivity index (χ0) is 13.0. The molecule has 17 heavy (non-hydrogen) atoms. The highest BCUT2D eigenvalue weighted by Gasteiger charge is 2.66. The topological polar surface area (TPSA) is 37.4 Å². The van der Waals surface area contributed by atoms with E-state index in [0.29, 0.717) is 0 Å². The lowest BCUT2D eigenvalue weighted by molar-refractivity contribution is -0.153. The quantitative estimate of drug-likeness (QED) is 0.740. The molecule has 0 spiro atoms. The van der Waals surface area contributed by atoms with Crippen LogP contribution in [0.3, 0.4) is 0 Å². The lowest BCUT2D eigenvalue weighted by atomic mass is 9.74. The summed E-state index contributed by atoms with van der Waals surface area (Å²) in [6.07, 6.45) is 2.69. The number of imide groups is 1. The summed E-state index contributed by atoms with van der Waals surface area (Å²) >= 11 is 0. The van der Waals surface area contributed by atoms with E-state index in [0.717, 1.165) is 19.3 Å². The molecule has 3 heteroatoms. The molecule has 3 atom stereocenters. The third-order valence-electron chi connectivity index (χ3n) is 5.45. The van der Waals surface area contributed by atoms with Crippen LogP contribution < -0.4 is 0 Å². The van der Waals surface area contributed by atoms with Crippen LogP contribution in [0.25, 0.3) is 0 Å². The summed E-state index contributed by atoms with van der Waals surface area (Å²) in [6, 6.07) is 0. The van der Waals surface area contributed by atoms with Crippen molar-refractivity contribution in [2.75, 3.05) is 0 Å². The Morgan fingerprint density at radius 2 is 2.06 bits per heavy atom. The minimum Gasteiger partial charge on any atom is -0.276 e. The second kappa shape index (κ2) is 3.56. The van der Waals surface area contributed by atoms with Gasteiger partial charge in [-0.25, -0.2) is 0 Å². The summed E-state index contributed by atoms with van der Waals surface area (Å²) in [4.78, 5) is 26.3. The predicted molar refractivity (Wildman–Crippen MR) is 66.2 cm³/mol. The highest BCUT2D eigenvalue weighted by atomic mass is 16.2. The van der Waals surface area contributed by atoms with E-state index in [1.807, 2.05) is 13.8 Å². The van der Waals surface area contributed by atoms with Gasteiger partial charge in [-0.15, -0.1) is 0 Å². The molecule has 2 fully saturated rings.